The molecule has 94 valence electrons. The van der Waals surface area contributed by atoms with Gasteiger partial charge in [0, 0.05) is 3.92 Å². The largest absolute Gasteiger partial charge is 0.375 e. The number of alkyl halides is 1. The third-order valence-electron chi connectivity index (χ3n) is 3.48. The lowest BCUT2D eigenvalue weighted by Crippen LogP contribution is -2.33. The topological polar surface area (TPSA) is 9.23 Å². The lowest BCUT2D eigenvalue weighted by Gasteiger charge is -2.32. The van der Waals surface area contributed by atoms with E-state index >= 15 is 0 Å². The molecule has 0 aliphatic carbocycles. The second-order valence-corrected chi connectivity index (χ2v) is 6.64. The Morgan fingerprint density at radius 2 is 1.88 bits per heavy atom. The van der Waals surface area contributed by atoms with Crippen LogP contribution in [0.3, 0.4) is 0 Å². The Morgan fingerprint density at radius 3 is 2.59 bits per heavy atom. The van der Waals surface area contributed by atoms with Crippen LogP contribution in [0.4, 0.5) is 0 Å². The monoisotopic (exact) mass is 344 g/mol. The molecule has 17 heavy (non-hydrogen) atoms. The molecule has 1 heterocycles. The third kappa shape index (κ3) is 4.25. The van der Waals surface area contributed by atoms with Crippen molar-refractivity contribution in [3.8, 4) is 0 Å². The minimum Gasteiger partial charge on any atom is -0.375 e. The number of aryl methyl sites for hydroxylation is 1. The van der Waals surface area contributed by atoms with Gasteiger partial charge in [0.1, 0.15) is 0 Å². The maximum absolute atomic E-state index is 6.12. The van der Waals surface area contributed by atoms with Crippen molar-refractivity contribution in [2.24, 2.45) is 0 Å². The second kappa shape index (κ2) is 6.74. The van der Waals surface area contributed by atoms with Gasteiger partial charge in [-0.1, -0.05) is 59.8 Å². The van der Waals surface area contributed by atoms with Crippen molar-refractivity contribution >= 4 is 22.6 Å². The molecule has 0 amide bonds. The number of hydrogen-bond acceptors (Lipinski definition) is 1. The minimum atomic E-state index is 0.468. The van der Waals surface area contributed by atoms with Gasteiger partial charge in [0.25, 0.3) is 0 Å². The molecule has 0 radical (unpaired) electrons. The van der Waals surface area contributed by atoms with E-state index in [1.807, 2.05) is 0 Å². The van der Waals surface area contributed by atoms with Gasteiger partial charge in [-0.15, -0.1) is 0 Å². The van der Waals surface area contributed by atoms with Gasteiger partial charge in [-0.2, -0.15) is 0 Å². The van der Waals surface area contributed by atoms with Gasteiger partial charge in [0.05, 0.1) is 12.2 Å². The highest BCUT2D eigenvalue weighted by Crippen LogP contribution is 2.29. The summed E-state index contributed by atoms with van der Waals surface area (Å²) in [6.45, 7) is 2.23. The SMILES string of the molecule is CC[C@@H]1C[C@H](I)C[C@H](CCc2ccccc2)O1. The van der Waals surface area contributed by atoms with E-state index < -0.39 is 0 Å². The average Bonchev–Trinajstić information content (AvgIpc) is 2.37. The van der Waals surface area contributed by atoms with E-state index in [1.54, 1.807) is 0 Å². The highest BCUT2D eigenvalue weighted by molar-refractivity contribution is 14.1. The van der Waals surface area contributed by atoms with Gasteiger partial charge in [-0.05, 0) is 37.7 Å². The van der Waals surface area contributed by atoms with E-state index in [4.69, 9.17) is 4.74 Å². The van der Waals surface area contributed by atoms with E-state index in [1.165, 1.54) is 24.8 Å². The summed E-state index contributed by atoms with van der Waals surface area (Å²) in [6.07, 6.45) is 6.89. The molecule has 1 saturated heterocycles. The van der Waals surface area contributed by atoms with Crippen LogP contribution in [0, 0.1) is 0 Å². The fourth-order valence-corrected chi connectivity index (χ4v) is 3.61. The van der Waals surface area contributed by atoms with Crippen LogP contribution in [0.15, 0.2) is 30.3 Å². The number of rotatable bonds is 4. The molecule has 1 fully saturated rings. The molecule has 3 atom stereocenters. The molecule has 2 rings (SSSR count). The molecule has 0 unspecified atom stereocenters. The predicted octanol–water partition coefficient (Wildman–Crippen LogP) is 4.38. The lowest BCUT2D eigenvalue weighted by molar-refractivity contribution is -0.0493. The Bertz CT molecular complexity index is 325. The number of hydrogen-bond donors (Lipinski definition) is 0. The van der Waals surface area contributed by atoms with E-state index in [0.717, 1.165) is 16.8 Å². The molecule has 1 aliphatic rings. The van der Waals surface area contributed by atoms with Crippen molar-refractivity contribution in [3.63, 3.8) is 0 Å². The van der Waals surface area contributed by atoms with Crippen molar-refractivity contribution in [3.05, 3.63) is 35.9 Å². The zero-order chi connectivity index (χ0) is 12.1. The maximum atomic E-state index is 6.12. The second-order valence-electron chi connectivity index (χ2n) is 4.88. The van der Waals surface area contributed by atoms with Crippen LogP contribution in [0.2, 0.25) is 0 Å². The van der Waals surface area contributed by atoms with Crippen LogP contribution in [0.5, 0.6) is 0 Å². The van der Waals surface area contributed by atoms with Gasteiger partial charge in [0.15, 0.2) is 0 Å². The van der Waals surface area contributed by atoms with Crippen LogP contribution in [-0.4, -0.2) is 16.1 Å². The molecule has 1 aromatic rings. The smallest absolute Gasteiger partial charge is 0.0592 e. The fourth-order valence-electron chi connectivity index (χ4n) is 2.47. The highest BCUT2D eigenvalue weighted by Gasteiger charge is 2.26. The number of benzene rings is 1. The van der Waals surface area contributed by atoms with Crippen molar-refractivity contribution in [1.29, 1.82) is 0 Å². The maximum Gasteiger partial charge on any atom is 0.0592 e. The zero-order valence-corrected chi connectivity index (χ0v) is 12.6. The van der Waals surface area contributed by atoms with Crippen LogP contribution in [0.25, 0.3) is 0 Å². The standard InChI is InChI=1S/C15H21IO/c1-2-14-10-13(16)11-15(17-14)9-8-12-6-4-3-5-7-12/h3-7,13-15H,2,8-11H2,1H3/t13-,14+,15-/m0/s1. The molecule has 0 N–H and O–H groups in total. The van der Waals surface area contributed by atoms with Gasteiger partial charge < -0.3 is 4.74 Å². The van der Waals surface area contributed by atoms with Crippen LogP contribution >= 0.6 is 22.6 Å². The summed E-state index contributed by atoms with van der Waals surface area (Å²) < 4.78 is 6.92. The molecular formula is C15H21IO. The summed E-state index contributed by atoms with van der Waals surface area (Å²) in [4.78, 5) is 0. The molecule has 0 saturated carbocycles. The van der Waals surface area contributed by atoms with E-state index in [-0.39, 0.29) is 0 Å². The first-order chi connectivity index (χ1) is 8.28. The number of halogens is 1. The first-order valence-electron chi connectivity index (χ1n) is 6.61. The molecule has 0 bridgehead atoms. The van der Waals surface area contributed by atoms with Gasteiger partial charge in [0.2, 0.25) is 0 Å². The molecule has 1 aromatic carbocycles. The highest BCUT2D eigenvalue weighted by atomic mass is 127. The van der Waals surface area contributed by atoms with Crippen molar-refractivity contribution in [1.82, 2.24) is 0 Å². The Labute approximate surface area is 118 Å². The molecule has 2 heteroatoms. The zero-order valence-electron chi connectivity index (χ0n) is 10.4. The normalized spacial score (nSPS) is 29.2. The van der Waals surface area contributed by atoms with Crippen LogP contribution in [0.1, 0.15) is 38.2 Å². The van der Waals surface area contributed by atoms with Gasteiger partial charge >= 0.3 is 0 Å². The molecule has 0 aromatic heterocycles. The summed E-state index contributed by atoms with van der Waals surface area (Å²) in [7, 11) is 0. The Kier molecular flexibility index (Phi) is 5.29. The quantitative estimate of drug-likeness (QED) is 0.582. The average molecular weight is 344 g/mol. The summed E-state index contributed by atoms with van der Waals surface area (Å²) in [5, 5.41) is 0. The molecule has 1 aliphatic heterocycles. The first kappa shape index (κ1) is 13.3. The third-order valence-corrected chi connectivity index (χ3v) is 4.49. The summed E-state index contributed by atoms with van der Waals surface area (Å²) in [5.41, 5.74) is 1.43. The summed E-state index contributed by atoms with van der Waals surface area (Å²) in [6, 6.07) is 10.7. The van der Waals surface area contributed by atoms with E-state index in [9.17, 15) is 0 Å². The first-order valence-corrected chi connectivity index (χ1v) is 7.86. The van der Waals surface area contributed by atoms with Crippen molar-refractivity contribution < 1.29 is 4.74 Å². The van der Waals surface area contributed by atoms with E-state index in [0.29, 0.717) is 12.2 Å². The Morgan fingerprint density at radius 1 is 1.18 bits per heavy atom. The molecule has 1 nitrogen and oxygen atoms in total. The summed E-state index contributed by atoms with van der Waals surface area (Å²) >= 11 is 2.58. The van der Waals surface area contributed by atoms with Crippen molar-refractivity contribution in [2.75, 3.05) is 0 Å². The summed E-state index contributed by atoms with van der Waals surface area (Å²) in [5.74, 6) is 0. The van der Waals surface area contributed by atoms with E-state index in [2.05, 4.69) is 59.8 Å². The van der Waals surface area contributed by atoms with Gasteiger partial charge in [-0.25, -0.2) is 0 Å². The minimum absolute atomic E-state index is 0.468. The predicted molar refractivity (Wildman–Crippen MR) is 80.8 cm³/mol. The number of ether oxygens (including phenoxy) is 1. The Hall–Kier alpha value is -0.0900. The molecular weight excluding hydrogens is 323 g/mol. The lowest BCUT2D eigenvalue weighted by atomic mass is 9.98. The van der Waals surface area contributed by atoms with Crippen LogP contribution < -0.4 is 0 Å². The molecule has 0 spiro atoms. The van der Waals surface area contributed by atoms with Crippen molar-refractivity contribution in [2.45, 2.75) is 55.2 Å². The Balaban J connectivity index is 1.82. The van der Waals surface area contributed by atoms with Gasteiger partial charge in [-0.3, -0.25) is 0 Å². The fraction of sp³-hybridized carbons (Fsp3) is 0.600. The van der Waals surface area contributed by atoms with Crippen LogP contribution in [-0.2, 0) is 11.2 Å².